The molecule has 1 aromatic carbocycles. The molecule has 0 bridgehead atoms. The summed E-state index contributed by atoms with van der Waals surface area (Å²) in [6.45, 7) is 7.29. The van der Waals surface area contributed by atoms with Crippen molar-refractivity contribution in [3.8, 4) is 5.75 Å². The van der Waals surface area contributed by atoms with Crippen LogP contribution in [-0.4, -0.2) is 44.4 Å². The van der Waals surface area contributed by atoms with E-state index in [2.05, 4.69) is 30.3 Å². The molecular weight excluding hydrogens is 326 g/mol. The smallest absolute Gasteiger partial charge is 0.256 e. The van der Waals surface area contributed by atoms with Gasteiger partial charge in [0.25, 0.3) is 10.0 Å². The van der Waals surface area contributed by atoms with Crippen LogP contribution in [0.15, 0.2) is 39.8 Å². The molecule has 2 aliphatic heterocycles. The van der Waals surface area contributed by atoms with Crippen LogP contribution in [0.2, 0.25) is 0 Å². The number of hydrogen-bond donors (Lipinski definition) is 0. The minimum absolute atomic E-state index is 0.0132. The zero-order valence-corrected chi connectivity index (χ0v) is 14.9. The highest BCUT2D eigenvalue weighted by atomic mass is 32.2. The molecule has 0 aliphatic carbocycles. The highest BCUT2D eigenvalue weighted by Gasteiger charge is 2.28. The van der Waals surface area contributed by atoms with Crippen molar-refractivity contribution in [1.82, 2.24) is 5.01 Å². The largest absolute Gasteiger partial charge is 0.493 e. The van der Waals surface area contributed by atoms with Crippen LogP contribution in [0.4, 0.5) is 0 Å². The quantitative estimate of drug-likeness (QED) is 0.842. The summed E-state index contributed by atoms with van der Waals surface area (Å²) in [7, 11) is -3.42. The topological polar surface area (TPSA) is 71.3 Å². The van der Waals surface area contributed by atoms with E-state index in [1.165, 1.54) is 0 Å². The van der Waals surface area contributed by atoms with Crippen molar-refractivity contribution in [2.75, 3.05) is 18.9 Å². The van der Waals surface area contributed by atoms with Gasteiger partial charge < -0.3 is 4.74 Å². The lowest BCUT2D eigenvalue weighted by Gasteiger charge is -2.27. The Hall–Kier alpha value is -2.15. The fourth-order valence-electron chi connectivity index (χ4n) is 2.35. The van der Waals surface area contributed by atoms with Crippen molar-refractivity contribution in [1.29, 1.82) is 0 Å². The lowest BCUT2D eigenvalue weighted by molar-refractivity contribution is 0.198. The predicted molar refractivity (Wildman–Crippen MR) is 95.8 cm³/mol. The van der Waals surface area contributed by atoms with Gasteiger partial charge in [0.15, 0.2) is 5.84 Å². The maximum Gasteiger partial charge on any atom is 0.256 e. The maximum atomic E-state index is 11.8. The van der Waals surface area contributed by atoms with Crippen LogP contribution < -0.4 is 4.74 Å². The van der Waals surface area contributed by atoms with Crippen molar-refractivity contribution in [2.45, 2.75) is 20.8 Å². The molecule has 0 fully saturated rings. The van der Waals surface area contributed by atoms with Crippen LogP contribution >= 0.6 is 0 Å². The molecule has 0 saturated carbocycles. The predicted octanol–water partition coefficient (Wildman–Crippen LogP) is 2.54. The second-order valence-electron chi connectivity index (χ2n) is 7.04. The maximum absolute atomic E-state index is 11.8. The summed E-state index contributed by atoms with van der Waals surface area (Å²) in [5.74, 6) is 1.15. The number of hydrazone groups is 1. The van der Waals surface area contributed by atoms with Gasteiger partial charge in [0, 0.05) is 11.8 Å². The fourth-order valence-corrected chi connectivity index (χ4v) is 3.30. The number of hydrogen-bond acceptors (Lipinski definition) is 5. The van der Waals surface area contributed by atoms with E-state index in [4.69, 9.17) is 4.74 Å². The number of sulfonamides is 1. The molecule has 128 valence electrons. The van der Waals surface area contributed by atoms with E-state index in [9.17, 15) is 8.42 Å². The average molecular weight is 347 g/mol. The molecule has 0 spiro atoms. The summed E-state index contributed by atoms with van der Waals surface area (Å²) in [5.41, 5.74) is 1.72. The number of benzene rings is 1. The van der Waals surface area contributed by atoms with Crippen molar-refractivity contribution in [2.24, 2.45) is 14.9 Å². The first-order valence-electron chi connectivity index (χ1n) is 7.82. The lowest BCUT2D eigenvalue weighted by atomic mass is 9.98. The zero-order chi connectivity index (χ0) is 17.4. The summed E-state index contributed by atoms with van der Waals surface area (Å²) in [5, 5.41) is 5.80. The second kappa shape index (κ2) is 6.05. The first-order valence-corrected chi connectivity index (χ1v) is 9.43. The molecule has 0 saturated heterocycles. The highest BCUT2D eigenvalue weighted by molar-refractivity contribution is 7.90. The summed E-state index contributed by atoms with van der Waals surface area (Å²) in [6.07, 6.45) is 3.44. The van der Waals surface area contributed by atoms with E-state index < -0.39 is 10.0 Å². The lowest BCUT2D eigenvalue weighted by Crippen LogP contribution is -2.38. The number of amidine groups is 1. The minimum Gasteiger partial charge on any atom is -0.493 e. The fraction of sp³-hybridized carbons (Fsp3) is 0.412. The Labute approximate surface area is 142 Å². The Morgan fingerprint density at radius 1 is 1.21 bits per heavy atom. The van der Waals surface area contributed by atoms with Gasteiger partial charge in [0.1, 0.15) is 5.75 Å². The Balaban J connectivity index is 1.84. The van der Waals surface area contributed by atoms with Gasteiger partial charge in [0.05, 0.1) is 18.9 Å². The Morgan fingerprint density at radius 2 is 1.92 bits per heavy atom. The normalized spacial score (nSPS) is 19.4. The molecule has 2 aliphatic rings. The molecule has 1 aromatic rings. The molecular formula is C17H21N3O3S. The number of ether oxygens (including phenoxy) is 1. The van der Waals surface area contributed by atoms with Crippen molar-refractivity contribution in [3.05, 3.63) is 35.9 Å². The van der Waals surface area contributed by atoms with Crippen LogP contribution in [0.1, 0.15) is 26.3 Å². The number of nitrogens with zero attached hydrogens (tertiary/aromatic N) is 3. The van der Waals surface area contributed by atoms with Crippen molar-refractivity contribution in [3.63, 3.8) is 0 Å². The molecule has 6 nitrogen and oxygen atoms in total. The molecule has 3 rings (SSSR count). The van der Waals surface area contributed by atoms with E-state index in [0.717, 1.165) is 16.9 Å². The molecule has 0 amide bonds. The second-order valence-corrected chi connectivity index (χ2v) is 8.80. The van der Waals surface area contributed by atoms with E-state index >= 15 is 0 Å². The third-order valence-corrected chi connectivity index (χ3v) is 4.71. The van der Waals surface area contributed by atoms with Crippen LogP contribution in [0.3, 0.4) is 0 Å². The van der Waals surface area contributed by atoms with E-state index in [1.54, 1.807) is 17.3 Å². The molecule has 24 heavy (non-hydrogen) atoms. The molecule has 0 unspecified atom stereocenters. The van der Waals surface area contributed by atoms with Gasteiger partial charge in [-0.05, 0) is 29.2 Å². The zero-order valence-electron chi connectivity index (χ0n) is 14.1. The number of rotatable bonds is 3. The van der Waals surface area contributed by atoms with E-state index in [1.807, 2.05) is 24.3 Å². The van der Waals surface area contributed by atoms with Gasteiger partial charge in [-0.1, -0.05) is 32.9 Å². The first-order chi connectivity index (χ1) is 11.2. The van der Waals surface area contributed by atoms with Crippen LogP contribution in [0.5, 0.6) is 5.75 Å². The van der Waals surface area contributed by atoms with Gasteiger partial charge >= 0.3 is 0 Å². The van der Waals surface area contributed by atoms with Crippen molar-refractivity contribution < 1.29 is 13.2 Å². The summed E-state index contributed by atoms with van der Waals surface area (Å²) < 4.78 is 33.3. The summed E-state index contributed by atoms with van der Waals surface area (Å²) >= 11 is 0. The number of fused-ring (bicyclic) bond motifs is 1. The minimum atomic E-state index is -3.42. The summed E-state index contributed by atoms with van der Waals surface area (Å²) in [4.78, 5) is 0. The third kappa shape index (κ3) is 3.84. The molecule has 0 radical (unpaired) electrons. The van der Waals surface area contributed by atoms with Crippen molar-refractivity contribution >= 4 is 27.6 Å². The Kier molecular flexibility index (Phi) is 4.21. The first kappa shape index (κ1) is 16.7. The standard InChI is InChI=1S/C17H21N3O3S/c1-17(2,3)12-23-14-6-4-13(5-7-14)15-8-9-18-20-10-11-24(21,22)19-16(15)20/h4-9H,10-12H2,1-3H3. The van der Waals surface area contributed by atoms with Crippen LogP contribution in [-0.2, 0) is 10.0 Å². The van der Waals surface area contributed by atoms with Gasteiger partial charge in [-0.25, -0.2) is 13.4 Å². The van der Waals surface area contributed by atoms with Crippen LogP contribution in [0, 0.1) is 5.41 Å². The third-order valence-electron chi connectivity index (χ3n) is 3.56. The van der Waals surface area contributed by atoms with Crippen LogP contribution in [0.25, 0.3) is 5.57 Å². The van der Waals surface area contributed by atoms with Gasteiger partial charge in [0.2, 0.25) is 0 Å². The van der Waals surface area contributed by atoms with Gasteiger partial charge in [-0.3, -0.25) is 0 Å². The van der Waals surface area contributed by atoms with Gasteiger partial charge in [-0.2, -0.15) is 5.10 Å². The monoisotopic (exact) mass is 347 g/mol. The molecule has 7 heteroatoms. The van der Waals surface area contributed by atoms with E-state index in [0.29, 0.717) is 19.0 Å². The Bertz CT molecular complexity index is 816. The average Bonchev–Trinajstić information content (AvgIpc) is 2.51. The number of allylic oxidation sites excluding steroid dienone is 1. The van der Waals surface area contributed by atoms with E-state index in [-0.39, 0.29) is 11.2 Å². The SMILES string of the molecule is CC(C)(C)COc1ccc(C2=CC=NN3CCS(=O)(=O)N=C23)cc1. The highest BCUT2D eigenvalue weighted by Crippen LogP contribution is 2.26. The molecule has 0 atom stereocenters. The molecule has 0 N–H and O–H groups in total. The molecule has 0 aromatic heterocycles. The summed E-state index contributed by atoms with van der Waals surface area (Å²) in [6, 6.07) is 7.58. The molecule has 2 heterocycles. The Morgan fingerprint density at radius 3 is 2.58 bits per heavy atom. The van der Waals surface area contributed by atoms with Gasteiger partial charge in [-0.15, -0.1) is 4.40 Å².